The van der Waals surface area contributed by atoms with E-state index in [4.69, 9.17) is 9.57 Å². The number of hydroxylamine groups is 1. The van der Waals surface area contributed by atoms with Gasteiger partial charge in [-0.15, -0.1) is 0 Å². The molecule has 1 heterocycles. The molecule has 4 aromatic rings. The quantitative estimate of drug-likeness (QED) is 0.363. The molecule has 1 saturated heterocycles. The second-order valence-corrected chi connectivity index (χ2v) is 7.44. The van der Waals surface area contributed by atoms with Crippen molar-refractivity contribution in [2.75, 3.05) is 9.96 Å². The first kappa shape index (κ1) is 19.7. The van der Waals surface area contributed by atoms with Gasteiger partial charge in [-0.25, -0.2) is 9.69 Å². The van der Waals surface area contributed by atoms with Crippen LogP contribution in [0, 0.1) is 0 Å². The molecule has 0 radical (unpaired) electrons. The average molecular weight is 422 g/mol. The number of para-hydroxylation sites is 2. The number of ether oxygens (including phenoxy) is 1. The van der Waals surface area contributed by atoms with Crippen molar-refractivity contribution in [2.45, 2.75) is 12.8 Å². The Balaban J connectivity index is 1.45. The van der Waals surface area contributed by atoms with Gasteiger partial charge in [-0.05, 0) is 47.5 Å². The second-order valence-electron chi connectivity index (χ2n) is 7.44. The third kappa shape index (κ3) is 4.01. The molecule has 158 valence electrons. The Morgan fingerprint density at radius 1 is 0.688 bits per heavy atom. The van der Waals surface area contributed by atoms with Crippen molar-refractivity contribution in [2.24, 2.45) is 0 Å². The summed E-state index contributed by atoms with van der Waals surface area (Å²) in [5.74, 6) is 0.764. The van der Waals surface area contributed by atoms with Gasteiger partial charge in [0.25, 0.3) is 0 Å². The summed E-state index contributed by atoms with van der Waals surface area (Å²) in [5.41, 5.74) is 3.59. The molecule has 1 unspecified atom stereocenters. The van der Waals surface area contributed by atoms with Gasteiger partial charge in [-0.3, -0.25) is 0 Å². The predicted molar refractivity (Wildman–Crippen MR) is 124 cm³/mol. The van der Waals surface area contributed by atoms with E-state index in [0.717, 1.165) is 28.3 Å². The summed E-state index contributed by atoms with van der Waals surface area (Å²) in [6, 6.07) is 37.0. The molecule has 5 heteroatoms. The summed E-state index contributed by atoms with van der Waals surface area (Å²) in [7, 11) is 0. The van der Waals surface area contributed by atoms with Crippen molar-refractivity contribution >= 4 is 17.5 Å². The van der Waals surface area contributed by atoms with Crippen LogP contribution in [0.5, 0.6) is 5.75 Å². The van der Waals surface area contributed by atoms with Crippen LogP contribution < -0.4 is 14.7 Å². The summed E-state index contributed by atoms with van der Waals surface area (Å²) in [5, 5.41) is 1.65. The van der Waals surface area contributed by atoms with Crippen molar-refractivity contribution < 1.29 is 14.4 Å². The molecule has 1 atom stereocenters. The van der Waals surface area contributed by atoms with Crippen molar-refractivity contribution in [1.82, 2.24) is 0 Å². The molecular weight excluding hydrogens is 400 g/mol. The highest BCUT2D eigenvalue weighted by molar-refractivity contribution is 5.92. The van der Waals surface area contributed by atoms with E-state index in [0.29, 0.717) is 6.61 Å². The van der Waals surface area contributed by atoms with Crippen LogP contribution in [0.4, 0.5) is 16.2 Å². The highest BCUT2D eigenvalue weighted by atomic mass is 16.7. The topological polar surface area (TPSA) is 42.0 Å². The highest BCUT2D eigenvalue weighted by Gasteiger charge is 2.42. The van der Waals surface area contributed by atoms with Gasteiger partial charge in [0.15, 0.2) is 6.17 Å². The standard InChI is InChI=1S/C27H22N2O3/c30-27-28(23-12-6-2-7-13-23)26(29(32-27)24-14-8-3-9-15-24)22-16-18-25(19-17-22)31-20-21-10-4-1-5-11-21/h1-19,26H,20H2. The maximum atomic E-state index is 12.9. The lowest BCUT2D eigenvalue weighted by Crippen LogP contribution is -2.31. The van der Waals surface area contributed by atoms with Gasteiger partial charge >= 0.3 is 6.09 Å². The molecule has 4 aromatic carbocycles. The number of amides is 1. The van der Waals surface area contributed by atoms with Crippen molar-refractivity contribution in [1.29, 1.82) is 0 Å². The summed E-state index contributed by atoms with van der Waals surface area (Å²) >= 11 is 0. The second kappa shape index (κ2) is 8.86. The average Bonchev–Trinajstić information content (AvgIpc) is 3.22. The number of carbonyl (C=O) groups excluding carboxylic acids is 1. The van der Waals surface area contributed by atoms with Crippen molar-refractivity contribution in [3.63, 3.8) is 0 Å². The van der Waals surface area contributed by atoms with Crippen LogP contribution in [-0.2, 0) is 11.4 Å². The van der Waals surface area contributed by atoms with Gasteiger partial charge in [0.2, 0.25) is 0 Å². The van der Waals surface area contributed by atoms with Crippen LogP contribution in [0.25, 0.3) is 0 Å². The number of rotatable bonds is 6. The molecule has 1 fully saturated rings. The van der Waals surface area contributed by atoms with Gasteiger partial charge in [-0.2, -0.15) is 5.06 Å². The Kier molecular flexibility index (Phi) is 5.45. The fraction of sp³-hybridized carbons (Fsp3) is 0.0741. The molecule has 1 aliphatic heterocycles. The Bertz CT molecular complexity index is 1170. The molecule has 0 aromatic heterocycles. The number of nitrogens with zero attached hydrogens (tertiary/aromatic N) is 2. The maximum Gasteiger partial charge on any atom is 0.440 e. The molecule has 0 saturated carbocycles. The first-order chi connectivity index (χ1) is 15.8. The fourth-order valence-corrected chi connectivity index (χ4v) is 3.75. The fourth-order valence-electron chi connectivity index (χ4n) is 3.75. The molecule has 5 nitrogen and oxygen atoms in total. The van der Waals surface area contributed by atoms with Crippen LogP contribution >= 0.6 is 0 Å². The number of benzene rings is 4. The van der Waals surface area contributed by atoms with E-state index in [1.165, 1.54) is 0 Å². The molecule has 1 aliphatic rings. The monoisotopic (exact) mass is 422 g/mol. The minimum Gasteiger partial charge on any atom is -0.489 e. The normalized spacial score (nSPS) is 15.5. The van der Waals surface area contributed by atoms with E-state index in [1.54, 1.807) is 9.96 Å². The first-order valence-electron chi connectivity index (χ1n) is 10.5. The summed E-state index contributed by atoms with van der Waals surface area (Å²) in [6.07, 6.45) is -0.870. The lowest BCUT2D eigenvalue weighted by molar-refractivity contribution is 0.164. The Labute approximate surface area is 187 Å². The minimum absolute atomic E-state index is 0.422. The minimum atomic E-state index is -0.449. The molecule has 0 N–H and O–H groups in total. The molecular formula is C27H22N2O3. The predicted octanol–water partition coefficient (Wildman–Crippen LogP) is 6.34. The molecule has 32 heavy (non-hydrogen) atoms. The number of anilines is 2. The number of hydrogen-bond acceptors (Lipinski definition) is 4. The van der Waals surface area contributed by atoms with E-state index >= 15 is 0 Å². The lowest BCUT2D eigenvalue weighted by Gasteiger charge is -2.27. The van der Waals surface area contributed by atoms with E-state index in [2.05, 4.69) is 0 Å². The van der Waals surface area contributed by atoms with Gasteiger partial charge in [0.05, 0.1) is 5.69 Å². The van der Waals surface area contributed by atoms with Gasteiger partial charge in [-0.1, -0.05) is 78.9 Å². The zero-order chi connectivity index (χ0) is 21.8. The van der Waals surface area contributed by atoms with Crippen LogP contribution in [-0.4, -0.2) is 6.09 Å². The zero-order valence-electron chi connectivity index (χ0n) is 17.4. The van der Waals surface area contributed by atoms with Gasteiger partial charge in [0, 0.05) is 5.69 Å². The Morgan fingerprint density at radius 2 is 1.25 bits per heavy atom. The molecule has 5 rings (SSSR count). The SMILES string of the molecule is O=C1ON(c2ccccc2)C(c2ccc(OCc3ccccc3)cc2)N1c1ccccc1. The molecule has 0 spiro atoms. The maximum absolute atomic E-state index is 12.9. The smallest absolute Gasteiger partial charge is 0.440 e. The van der Waals surface area contributed by atoms with E-state index in [-0.39, 0.29) is 0 Å². The summed E-state index contributed by atoms with van der Waals surface area (Å²) < 4.78 is 5.93. The lowest BCUT2D eigenvalue weighted by atomic mass is 10.1. The van der Waals surface area contributed by atoms with E-state index in [9.17, 15) is 4.79 Å². The van der Waals surface area contributed by atoms with E-state index in [1.807, 2.05) is 115 Å². The molecule has 1 amide bonds. The highest BCUT2D eigenvalue weighted by Crippen LogP contribution is 2.39. The van der Waals surface area contributed by atoms with Crippen LogP contribution in [0.15, 0.2) is 115 Å². The van der Waals surface area contributed by atoms with Gasteiger partial charge in [0.1, 0.15) is 12.4 Å². The van der Waals surface area contributed by atoms with E-state index < -0.39 is 12.3 Å². The van der Waals surface area contributed by atoms with Crippen LogP contribution in [0.1, 0.15) is 17.3 Å². The van der Waals surface area contributed by atoms with Gasteiger partial charge < -0.3 is 9.57 Å². The number of hydrogen-bond donors (Lipinski definition) is 0. The van der Waals surface area contributed by atoms with Crippen molar-refractivity contribution in [3.8, 4) is 5.75 Å². The van der Waals surface area contributed by atoms with Crippen molar-refractivity contribution in [3.05, 3.63) is 126 Å². The zero-order valence-corrected chi connectivity index (χ0v) is 17.4. The molecule has 0 aliphatic carbocycles. The summed E-state index contributed by atoms with van der Waals surface area (Å²) in [6.45, 7) is 0.498. The Hall–Kier alpha value is -4.25. The third-order valence-corrected chi connectivity index (χ3v) is 5.31. The first-order valence-corrected chi connectivity index (χ1v) is 10.5. The van der Waals surface area contributed by atoms with Crippen LogP contribution in [0.2, 0.25) is 0 Å². The largest absolute Gasteiger partial charge is 0.489 e. The Morgan fingerprint density at radius 3 is 1.88 bits per heavy atom. The summed E-state index contributed by atoms with van der Waals surface area (Å²) in [4.78, 5) is 20.3. The third-order valence-electron chi connectivity index (χ3n) is 5.31. The van der Waals surface area contributed by atoms with Crippen LogP contribution in [0.3, 0.4) is 0 Å². The molecule has 0 bridgehead atoms. The number of carbonyl (C=O) groups is 1.